The van der Waals surface area contributed by atoms with Crippen LogP contribution in [-0.4, -0.2) is 47.8 Å². The quantitative estimate of drug-likeness (QED) is 0.520. The van der Waals surface area contributed by atoms with Crippen LogP contribution in [0.1, 0.15) is 19.3 Å². The molecule has 174 valence electrons. The Kier molecular flexibility index (Phi) is 6.40. The first-order valence-electron chi connectivity index (χ1n) is 10.9. The second-order valence-corrected chi connectivity index (χ2v) is 9.65. The fourth-order valence-corrected chi connectivity index (χ4v) is 4.89. The van der Waals surface area contributed by atoms with Crippen molar-refractivity contribution in [1.82, 2.24) is 14.9 Å². The molecule has 0 bridgehead atoms. The molecule has 6 nitrogen and oxygen atoms in total. The van der Waals surface area contributed by atoms with E-state index in [2.05, 4.69) is 10.2 Å². The number of imidazole rings is 1. The number of benzene rings is 2. The fourth-order valence-electron chi connectivity index (χ4n) is 4.46. The van der Waals surface area contributed by atoms with Crippen molar-refractivity contribution in [2.75, 3.05) is 31.2 Å². The first-order valence-corrected chi connectivity index (χ1v) is 12.0. The number of anilines is 1. The molecular weight excluding hydrogens is 490 g/mol. The van der Waals surface area contributed by atoms with Gasteiger partial charge < -0.3 is 15.0 Å². The maximum atomic E-state index is 14.3. The van der Waals surface area contributed by atoms with Gasteiger partial charge in [0.25, 0.3) is 0 Å². The Labute approximate surface area is 205 Å². The number of amides is 1. The third-order valence-corrected chi connectivity index (χ3v) is 7.29. The third kappa shape index (κ3) is 4.52. The monoisotopic (exact) mass is 510 g/mol. The Morgan fingerprint density at radius 3 is 2.52 bits per heavy atom. The summed E-state index contributed by atoms with van der Waals surface area (Å²) in [5.41, 5.74) is 1.94. The van der Waals surface area contributed by atoms with E-state index in [0.29, 0.717) is 71.9 Å². The number of ether oxygens (including phenoxy) is 1. The lowest BCUT2D eigenvalue weighted by atomic mass is 9.95. The van der Waals surface area contributed by atoms with Gasteiger partial charge in [0.05, 0.1) is 44.4 Å². The number of hydrogen-bond donors (Lipinski definition) is 1. The molecule has 1 unspecified atom stereocenters. The molecule has 3 heterocycles. The molecule has 10 heteroatoms. The molecule has 1 aromatic heterocycles. The van der Waals surface area contributed by atoms with Gasteiger partial charge in [0.15, 0.2) is 0 Å². The van der Waals surface area contributed by atoms with E-state index in [-0.39, 0.29) is 22.9 Å². The highest BCUT2D eigenvalue weighted by Crippen LogP contribution is 2.35. The molecule has 1 amide bonds. The summed E-state index contributed by atoms with van der Waals surface area (Å²) < 4.78 is 21.5. The minimum atomic E-state index is -0.520. The number of nitrogens with zero attached hydrogens (tertiary/aromatic N) is 3. The first-order chi connectivity index (χ1) is 15.9. The standard InChI is InChI=1S/C23H22Cl3FN4O2/c24-16-2-1-15(9-19(16)27)31-21-11-18(26)17(25)10-20(21)29-23(31)30-6-3-13(4-7-30)22(32)28-14-5-8-33-12-14/h1-2,9-11,13-14H,3-8,12H2,(H,28,32). The smallest absolute Gasteiger partial charge is 0.223 e. The molecule has 33 heavy (non-hydrogen) atoms. The van der Waals surface area contributed by atoms with E-state index in [1.807, 2.05) is 4.57 Å². The van der Waals surface area contributed by atoms with Crippen LogP contribution in [0.15, 0.2) is 30.3 Å². The minimum Gasteiger partial charge on any atom is -0.379 e. The minimum absolute atomic E-state index is 0.0466. The highest BCUT2D eigenvalue weighted by Gasteiger charge is 2.30. The van der Waals surface area contributed by atoms with Gasteiger partial charge in [0, 0.05) is 25.6 Å². The Morgan fingerprint density at radius 2 is 1.82 bits per heavy atom. The molecule has 0 radical (unpaired) electrons. The van der Waals surface area contributed by atoms with E-state index in [4.69, 9.17) is 44.5 Å². The van der Waals surface area contributed by atoms with Gasteiger partial charge in [-0.15, -0.1) is 0 Å². The molecule has 2 fully saturated rings. The van der Waals surface area contributed by atoms with Crippen molar-refractivity contribution >= 4 is 57.7 Å². The lowest BCUT2D eigenvalue weighted by Crippen LogP contribution is -2.44. The van der Waals surface area contributed by atoms with Gasteiger partial charge in [0.2, 0.25) is 11.9 Å². The predicted molar refractivity (Wildman–Crippen MR) is 128 cm³/mol. The van der Waals surface area contributed by atoms with Crippen molar-refractivity contribution in [2.45, 2.75) is 25.3 Å². The molecule has 2 aromatic carbocycles. The maximum Gasteiger partial charge on any atom is 0.223 e. The van der Waals surface area contributed by atoms with Gasteiger partial charge >= 0.3 is 0 Å². The van der Waals surface area contributed by atoms with E-state index in [1.54, 1.807) is 18.2 Å². The number of piperidine rings is 1. The van der Waals surface area contributed by atoms with Crippen LogP contribution in [0.3, 0.4) is 0 Å². The highest BCUT2D eigenvalue weighted by molar-refractivity contribution is 6.42. The van der Waals surface area contributed by atoms with E-state index in [9.17, 15) is 9.18 Å². The zero-order valence-corrected chi connectivity index (χ0v) is 19.9. The van der Waals surface area contributed by atoms with E-state index >= 15 is 0 Å². The van der Waals surface area contributed by atoms with Crippen molar-refractivity contribution in [3.63, 3.8) is 0 Å². The fraction of sp³-hybridized carbons (Fsp3) is 0.391. The van der Waals surface area contributed by atoms with Crippen LogP contribution in [0, 0.1) is 11.7 Å². The second-order valence-electron chi connectivity index (χ2n) is 8.43. The Morgan fingerprint density at radius 1 is 1.06 bits per heavy atom. The number of carbonyl (C=O) groups excluding carboxylic acids is 1. The summed E-state index contributed by atoms with van der Waals surface area (Å²) in [5, 5.41) is 3.93. The van der Waals surface area contributed by atoms with Crippen LogP contribution in [0.4, 0.5) is 10.3 Å². The van der Waals surface area contributed by atoms with Crippen molar-refractivity contribution in [3.8, 4) is 5.69 Å². The molecule has 0 saturated carbocycles. The maximum absolute atomic E-state index is 14.3. The van der Waals surface area contributed by atoms with Crippen molar-refractivity contribution in [1.29, 1.82) is 0 Å². The summed E-state index contributed by atoms with van der Waals surface area (Å²) in [4.78, 5) is 19.6. The summed E-state index contributed by atoms with van der Waals surface area (Å²) in [6, 6.07) is 8.17. The number of halogens is 4. The van der Waals surface area contributed by atoms with Crippen molar-refractivity contribution < 1.29 is 13.9 Å². The average molecular weight is 512 g/mol. The summed E-state index contributed by atoms with van der Waals surface area (Å²) in [5.74, 6) is 0.148. The topological polar surface area (TPSA) is 59.4 Å². The summed E-state index contributed by atoms with van der Waals surface area (Å²) >= 11 is 18.4. The molecule has 1 N–H and O–H groups in total. The lowest BCUT2D eigenvalue weighted by Gasteiger charge is -2.32. The Hall–Kier alpha value is -2.06. The third-order valence-electron chi connectivity index (χ3n) is 6.26. The van der Waals surface area contributed by atoms with Crippen LogP contribution < -0.4 is 10.2 Å². The van der Waals surface area contributed by atoms with E-state index in [1.165, 1.54) is 12.1 Å². The van der Waals surface area contributed by atoms with Gasteiger partial charge in [-0.3, -0.25) is 9.36 Å². The van der Waals surface area contributed by atoms with Gasteiger partial charge in [0.1, 0.15) is 5.82 Å². The van der Waals surface area contributed by atoms with Crippen LogP contribution >= 0.6 is 34.8 Å². The largest absolute Gasteiger partial charge is 0.379 e. The molecule has 0 spiro atoms. The number of nitrogens with one attached hydrogen (secondary N) is 1. The van der Waals surface area contributed by atoms with Crippen molar-refractivity contribution in [2.24, 2.45) is 5.92 Å². The SMILES string of the molecule is O=C(NC1CCOC1)C1CCN(c2nc3cc(Cl)c(Cl)cc3n2-c2ccc(Cl)c(F)c2)CC1. The normalized spacial score (nSPS) is 19.4. The zero-order valence-electron chi connectivity index (χ0n) is 17.7. The van der Waals surface area contributed by atoms with Crippen LogP contribution in [0.5, 0.6) is 0 Å². The Balaban J connectivity index is 1.44. The van der Waals surface area contributed by atoms with Crippen LogP contribution in [0.25, 0.3) is 16.7 Å². The number of aromatic nitrogens is 2. The molecule has 3 aromatic rings. The summed E-state index contributed by atoms with van der Waals surface area (Å²) in [6.07, 6.45) is 2.25. The molecule has 1 atom stereocenters. The zero-order chi connectivity index (χ0) is 23.1. The lowest BCUT2D eigenvalue weighted by molar-refractivity contribution is -0.126. The first kappa shape index (κ1) is 22.7. The van der Waals surface area contributed by atoms with Crippen LogP contribution in [-0.2, 0) is 9.53 Å². The van der Waals surface area contributed by atoms with E-state index < -0.39 is 5.82 Å². The summed E-state index contributed by atoms with van der Waals surface area (Å²) in [7, 11) is 0. The van der Waals surface area contributed by atoms with E-state index in [0.717, 1.165) is 6.42 Å². The molecule has 5 rings (SSSR count). The number of fused-ring (bicyclic) bond motifs is 1. The molecule has 2 saturated heterocycles. The van der Waals surface area contributed by atoms with Gasteiger partial charge in [-0.2, -0.15) is 0 Å². The van der Waals surface area contributed by atoms with Gasteiger partial charge in [-0.1, -0.05) is 34.8 Å². The highest BCUT2D eigenvalue weighted by atomic mass is 35.5. The second kappa shape index (κ2) is 9.29. The number of carbonyl (C=O) groups is 1. The van der Waals surface area contributed by atoms with Crippen LogP contribution in [0.2, 0.25) is 15.1 Å². The Bertz CT molecular complexity index is 1200. The molecule has 2 aliphatic heterocycles. The van der Waals surface area contributed by atoms with Crippen molar-refractivity contribution in [3.05, 3.63) is 51.2 Å². The molecule has 2 aliphatic rings. The number of hydrogen-bond acceptors (Lipinski definition) is 4. The van der Waals surface area contributed by atoms with Gasteiger partial charge in [-0.25, -0.2) is 9.37 Å². The average Bonchev–Trinajstić information content (AvgIpc) is 3.44. The molecular formula is C23H22Cl3FN4O2. The predicted octanol–water partition coefficient (Wildman–Crippen LogP) is 5.25. The molecule has 0 aliphatic carbocycles. The number of rotatable bonds is 4. The summed E-state index contributed by atoms with van der Waals surface area (Å²) in [6.45, 7) is 2.55. The van der Waals surface area contributed by atoms with Gasteiger partial charge in [-0.05, 0) is 49.6 Å².